The summed E-state index contributed by atoms with van der Waals surface area (Å²) in [6, 6.07) is 15.1. The van der Waals surface area contributed by atoms with E-state index >= 15 is 0 Å². The van der Waals surface area contributed by atoms with Crippen molar-refractivity contribution in [1.82, 2.24) is 5.32 Å². The Bertz CT molecular complexity index is 722. The number of methoxy groups -OCH3 is 1. The molecule has 1 atom stereocenters. The molecule has 3 rings (SSSR count). The molecular weight excluding hydrogens is 290 g/mol. The Morgan fingerprint density at radius 2 is 1.87 bits per heavy atom. The van der Waals surface area contributed by atoms with Crippen molar-refractivity contribution in [3.05, 3.63) is 65.2 Å². The molecule has 1 unspecified atom stereocenters. The smallest absolute Gasteiger partial charge is 0.224 e. The SMILES string of the molecule is COc1ccc(CNC(=O)C2CC(=O)c3ccccc3C2)cc1. The first-order chi connectivity index (χ1) is 11.2. The fourth-order valence-electron chi connectivity index (χ4n) is 2.90. The number of ether oxygens (including phenoxy) is 1. The van der Waals surface area contributed by atoms with Crippen molar-refractivity contribution >= 4 is 11.7 Å². The normalized spacial score (nSPS) is 16.6. The van der Waals surface area contributed by atoms with E-state index < -0.39 is 0 Å². The summed E-state index contributed by atoms with van der Waals surface area (Å²) in [6.45, 7) is 0.454. The number of ketones is 1. The van der Waals surface area contributed by atoms with Crippen molar-refractivity contribution < 1.29 is 14.3 Å². The third-order valence-corrected chi connectivity index (χ3v) is 4.21. The van der Waals surface area contributed by atoms with Crippen LogP contribution in [0.3, 0.4) is 0 Å². The molecule has 4 heteroatoms. The van der Waals surface area contributed by atoms with Crippen LogP contribution < -0.4 is 10.1 Å². The summed E-state index contributed by atoms with van der Waals surface area (Å²) in [4.78, 5) is 24.5. The van der Waals surface area contributed by atoms with Crippen LogP contribution in [-0.2, 0) is 17.8 Å². The molecule has 23 heavy (non-hydrogen) atoms. The van der Waals surface area contributed by atoms with Gasteiger partial charge in [0.05, 0.1) is 7.11 Å². The Morgan fingerprint density at radius 3 is 2.61 bits per heavy atom. The minimum atomic E-state index is -0.282. The van der Waals surface area contributed by atoms with E-state index in [2.05, 4.69) is 5.32 Å². The number of amides is 1. The number of nitrogens with one attached hydrogen (secondary N) is 1. The highest BCUT2D eigenvalue weighted by atomic mass is 16.5. The maximum absolute atomic E-state index is 12.4. The molecule has 1 aliphatic carbocycles. The number of hydrogen-bond donors (Lipinski definition) is 1. The topological polar surface area (TPSA) is 55.4 Å². The average Bonchev–Trinajstić information content (AvgIpc) is 2.60. The van der Waals surface area contributed by atoms with Gasteiger partial charge in [-0.1, -0.05) is 36.4 Å². The van der Waals surface area contributed by atoms with Gasteiger partial charge in [0, 0.05) is 24.4 Å². The molecule has 0 aromatic heterocycles. The lowest BCUT2D eigenvalue weighted by Gasteiger charge is -2.22. The number of carbonyl (C=O) groups excluding carboxylic acids is 2. The van der Waals surface area contributed by atoms with Crippen LogP contribution in [0.15, 0.2) is 48.5 Å². The number of fused-ring (bicyclic) bond motifs is 1. The summed E-state index contributed by atoms with van der Waals surface area (Å²) >= 11 is 0. The Balaban J connectivity index is 1.61. The second kappa shape index (κ2) is 6.65. The summed E-state index contributed by atoms with van der Waals surface area (Å²) in [5.74, 6) is 0.491. The predicted molar refractivity (Wildman–Crippen MR) is 87.4 cm³/mol. The molecule has 0 aliphatic heterocycles. The molecule has 2 aromatic rings. The van der Waals surface area contributed by atoms with Crippen LogP contribution in [0.4, 0.5) is 0 Å². The zero-order chi connectivity index (χ0) is 16.2. The zero-order valence-corrected chi connectivity index (χ0v) is 13.0. The van der Waals surface area contributed by atoms with Crippen LogP contribution in [0.25, 0.3) is 0 Å². The fraction of sp³-hybridized carbons (Fsp3) is 0.263. The van der Waals surface area contributed by atoms with E-state index in [1.54, 1.807) is 7.11 Å². The molecule has 1 N–H and O–H groups in total. The largest absolute Gasteiger partial charge is 0.497 e. The second-order valence-corrected chi connectivity index (χ2v) is 5.75. The van der Waals surface area contributed by atoms with Gasteiger partial charge in [0.25, 0.3) is 0 Å². The molecule has 0 saturated heterocycles. The van der Waals surface area contributed by atoms with Gasteiger partial charge >= 0.3 is 0 Å². The lowest BCUT2D eigenvalue weighted by Crippen LogP contribution is -2.35. The first-order valence-corrected chi connectivity index (χ1v) is 7.69. The lowest BCUT2D eigenvalue weighted by atomic mass is 9.82. The van der Waals surface area contributed by atoms with E-state index in [0.29, 0.717) is 13.0 Å². The zero-order valence-electron chi connectivity index (χ0n) is 13.0. The van der Waals surface area contributed by atoms with E-state index in [0.717, 1.165) is 22.4 Å². The number of benzene rings is 2. The van der Waals surface area contributed by atoms with Crippen molar-refractivity contribution in [3.63, 3.8) is 0 Å². The van der Waals surface area contributed by atoms with Gasteiger partial charge in [0.1, 0.15) is 5.75 Å². The molecule has 0 spiro atoms. The summed E-state index contributed by atoms with van der Waals surface area (Å²) in [5, 5.41) is 2.93. The van der Waals surface area contributed by atoms with Gasteiger partial charge in [-0.25, -0.2) is 0 Å². The van der Waals surface area contributed by atoms with Crippen molar-refractivity contribution in [2.24, 2.45) is 5.92 Å². The minimum Gasteiger partial charge on any atom is -0.497 e. The van der Waals surface area contributed by atoms with Gasteiger partial charge < -0.3 is 10.1 Å². The summed E-state index contributed by atoms with van der Waals surface area (Å²) in [5.41, 5.74) is 2.72. The molecule has 1 amide bonds. The van der Waals surface area contributed by atoms with Gasteiger partial charge in [0.15, 0.2) is 5.78 Å². The molecule has 0 heterocycles. The Kier molecular flexibility index (Phi) is 4.42. The number of hydrogen-bond acceptors (Lipinski definition) is 3. The standard InChI is InChI=1S/C19H19NO3/c1-23-16-8-6-13(7-9-16)12-20-19(22)15-10-14-4-2-3-5-17(14)18(21)11-15/h2-9,15H,10-12H2,1H3,(H,20,22). The van der Waals surface area contributed by atoms with Crippen LogP contribution in [0.5, 0.6) is 5.75 Å². The molecular formula is C19H19NO3. The Labute approximate surface area is 135 Å². The van der Waals surface area contributed by atoms with Gasteiger partial charge in [0.2, 0.25) is 5.91 Å². The average molecular weight is 309 g/mol. The molecule has 1 aliphatic rings. The van der Waals surface area contributed by atoms with Gasteiger partial charge in [-0.2, -0.15) is 0 Å². The summed E-state index contributed by atoms with van der Waals surface area (Å²) < 4.78 is 5.11. The van der Waals surface area contributed by atoms with Crippen molar-refractivity contribution in [2.75, 3.05) is 7.11 Å². The quantitative estimate of drug-likeness (QED) is 0.945. The van der Waals surface area contributed by atoms with Crippen LogP contribution in [0.1, 0.15) is 27.9 Å². The number of carbonyl (C=O) groups is 2. The summed E-state index contributed by atoms with van der Waals surface area (Å²) in [7, 11) is 1.62. The molecule has 0 radical (unpaired) electrons. The third kappa shape index (κ3) is 3.42. The van der Waals surface area contributed by atoms with Crippen molar-refractivity contribution in [1.29, 1.82) is 0 Å². The van der Waals surface area contributed by atoms with E-state index in [9.17, 15) is 9.59 Å². The van der Waals surface area contributed by atoms with Crippen LogP contribution in [0, 0.1) is 5.92 Å². The maximum Gasteiger partial charge on any atom is 0.224 e. The van der Waals surface area contributed by atoms with Crippen LogP contribution >= 0.6 is 0 Å². The monoisotopic (exact) mass is 309 g/mol. The summed E-state index contributed by atoms with van der Waals surface area (Å²) in [6.07, 6.45) is 0.905. The molecule has 2 aromatic carbocycles. The lowest BCUT2D eigenvalue weighted by molar-refractivity contribution is -0.125. The second-order valence-electron chi connectivity index (χ2n) is 5.75. The van der Waals surface area contributed by atoms with Gasteiger partial charge in [-0.05, 0) is 29.7 Å². The van der Waals surface area contributed by atoms with E-state index in [4.69, 9.17) is 4.74 Å². The Hall–Kier alpha value is -2.62. The van der Waals surface area contributed by atoms with Crippen molar-refractivity contribution in [2.45, 2.75) is 19.4 Å². The van der Waals surface area contributed by atoms with Crippen LogP contribution in [0.2, 0.25) is 0 Å². The van der Waals surface area contributed by atoms with Gasteiger partial charge in [-0.15, -0.1) is 0 Å². The van der Waals surface area contributed by atoms with Gasteiger partial charge in [-0.3, -0.25) is 9.59 Å². The molecule has 0 fully saturated rings. The van der Waals surface area contributed by atoms with Crippen LogP contribution in [-0.4, -0.2) is 18.8 Å². The predicted octanol–water partition coefficient (Wildman–Crippen LogP) is 2.76. The van der Waals surface area contributed by atoms with E-state index in [-0.39, 0.29) is 24.0 Å². The molecule has 118 valence electrons. The number of Topliss-reactive ketones (excluding diaryl/α,β-unsaturated/α-hetero) is 1. The van der Waals surface area contributed by atoms with E-state index in [1.165, 1.54) is 0 Å². The fourth-order valence-corrected chi connectivity index (χ4v) is 2.90. The highest BCUT2D eigenvalue weighted by Crippen LogP contribution is 2.25. The highest BCUT2D eigenvalue weighted by molar-refractivity contribution is 6.01. The first-order valence-electron chi connectivity index (χ1n) is 7.69. The molecule has 4 nitrogen and oxygen atoms in total. The molecule has 0 bridgehead atoms. The third-order valence-electron chi connectivity index (χ3n) is 4.21. The Morgan fingerprint density at radius 1 is 1.13 bits per heavy atom. The minimum absolute atomic E-state index is 0.0523. The highest BCUT2D eigenvalue weighted by Gasteiger charge is 2.29. The number of rotatable bonds is 4. The molecule has 0 saturated carbocycles. The maximum atomic E-state index is 12.4. The van der Waals surface area contributed by atoms with Crippen molar-refractivity contribution in [3.8, 4) is 5.75 Å². The first kappa shape index (κ1) is 15.3. The van der Waals surface area contributed by atoms with E-state index in [1.807, 2.05) is 48.5 Å².